The molecule has 1 amide bonds. The van der Waals surface area contributed by atoms with E-state index in [0.717, 1.165) is 4.90 Å². The molecule has 0 aromatic heterocycles. The predicted molar refractivity (Wildman–Crippen MR) is 78.8 cm³/mol. The second-order valence-electron chi connectivity index (χ2n) is 4.36. The average molecular weight is 373 g/mol. The Bertz CT molecular complexity index is 748. The number of benzene rings is 1. The Labute approximate surface area is 135 Å². The summed E-state index contributed by atoms with van der Waals surface area (Å²) in [6.07, 6.45) is 0. The SMILES string of the molecule is CN1C(=O)[C@](Cl)(C(Cl)(Cl)S(=O)(=O)O)C(=O)c2ccccc21. The van der Waals surface area contributed by atoms with E-state index in [1.165, 1.54) is 25.2 Å². The lowest BCUT2D eigenvalue weighted by atomic mass is 9.90. The minimum Gasteiger partial charge on any atom is -0.313 e. The van der Waals surface area contributed by atoms with Crippen LogP contribution >= 0.6 is 34.8 Å². The monoisotopic (exact) mass is 371 g/mol. The van der Waals surface area contributed by atoms with E-state index in [9.17, 15) is 18.0 Å². The Morgan fingerprint density at radius 3 is 2.29 bits per heavy atom. The Hall–Kier alpha value is -0.860. The summed E-state index contributed by atoms with van der Waals surface area (Å²) in [7, 11) is -3.95. The standard InChI is InChI=1S/C11H8Cl3NO5S/c1-15-7-5-3-2-4-6(7)8(16)10(12,9(15)17)11(13,14)21(18,19)20/h2-5H,1H3,(H,18,19,20)/t10-/m0/s1. The maximum absolute atomic E-state index is 12.5. The van der Waals surface area contributed by atoms with E-state index < -0.39 is 30.3 Å². The van der Waals surface area contributed by atoms with Gasteiger partial charge < -0.3 is 4.90 Å². The number of carbonyl (C=O) groups is 2. The van der Waals surface area contributed by atoms with Crippen molar-refractivity contribution in [2.24, 2.45) is 0 Å². The topological polar surface area (TPSA) is 91.8 Å². The fourth-order valence-electron chi connectivity index (χ4n) is 2.02. The molecule has 0 unspecified atom stereocenters. The molecular weight excluding hydrogens is 365 g/mol. The van der Waals surface area contributed by atoms with Crippen molar-refractivity contribution in [3.8, 4) is 0 Å². The molecule has 114 valence electrons. The summed E-state index contributed by atoms with van der Waals surface area (Å²) in [5.41, 5.74) is 0.187. The van der Waals surface area contributed by atoms with Crippen LogP contribution in [0.25, 0.3) is 0 Å². The lowest BCUT2D eigenvalue weighted by Crippen LogP contribution is -2.64. The molecular formula is C11H8Cl3NO5S. The third-order valence-electron chi connectivity index (χ3n) is 3.15. The molecule has 1 aromatic carbocycles. The second-order valence-corrected chi connectivity index (χ2v) is 8.27. The van der Waals surface area contributed by atoms with Gasteiger partial charge in [-0.15, -0.1) is 0 Å². The molecule has 1 aliphatic heterocycles. The number of halogens is 3. The number of amides is 1. The molecule has 1 aliphatic rings. The molecule has 1 heterocycles. The highest BCUT2D eigenvalue weighted by atomic mass is 35.5. The van der Waals surface area contributed by atoms with Gasteiger partial charge in [-0.3, -0.25) is 14.1 Å². The zero-order valence-corrected chi connectivity index (χ0v) is 13.5. The van der Waals surface area contributed by atoms with Gasteiger partial charge in [0.15, 0.2) is 5.78 Å². The third kappa shape index (κ3) is 2.07. The van der Waals surface area contributed by atoms with E-state index >= 15 is 0 Å². The molecule has 1 N–H and O–H groups in total. The normalized spacial score (nSPS) is 23.2. The quantitative estimate of drug-likeness (QED) is 0.486. The van der Waals surface area contributed by atoms with Crippen LogP contribution in [0.3, 0.4) is 0 Å². The number of rotatable bonds is 2. The molecule has 21 heavy (non-hydrogen) atoms. The van der Waals surface area contributed by atoms with Crippen LogP contribution in [0.4, 0.5) is 5.69 Å². The van der Waals surface area contributed by atoms with Crippen LogP contribution in [0.5, 0.6) is 0 Å². The molecule has 0 fully saturated rings. The highest BCUT2D eigenvalue weighted by molar-refractivity contribution is 7.90. The number of anilines is 1. The average Bonchev–Trinajstić information content (AvgIpc) is 2.41. The van der Waals surface area contributed by atoms with Crippen molar-refractivity contribution in [1.29, 1.82) is 0 Å². The summed E-state index contributed by atoms with van der Waals surface area (Å²) in [4.78, 5) is 22.9. The van der Waals surface area contributed by atoms with Crippen molar-refractivity contribution in [2.45, 2.75) is 8.54 Å². The predicted octanol–water partition coefficient (Wildman–Crippen LogP) is 1.84. The van der Waals surface area contributed by atoms with Crippen LogP contribution in [-0.2, 0) is 14.9 Å². The van der Waals surface area contributed by atoms with E-state index in [1.807, 2.05) is 0 Å². The molecule has 0 saturated carbocycles. The highest BCUT2D eigenvalue weighted by Gasteiger charge is 2.69. The number of nitrogens with zero attached hydrogens (tertiary/aromatic N) is 1. The van der Waals surface area contributed by atoms with Crippen LogP contribution in [-0.4, -0.2) is 40.2 Å². The van der Waals surface area contributed by atoms with Gasteiger partial charge in [0, 0.05) is 12.6 Å². The number of hydrogen-bond donors (Lipinski definition) is 1. The summed E-state index contributed by atoms with van der Waals surface area (Å²) >= 11 is 17.1. The van der Waals surface area contributed by atoms with Gasteiger partial charge in [-0.05, 0) is 12.1 Å². The highest BCUT2D eigenvalue weighted by Crippen LogP contribution is 2.49. The van der Waals surface area contributed by atoms with Crippen molar-refractivity contribution in [2.75, 3.05) is 11.9 Å². The van der Waals surface area contributed by atoms with E-state index in [2.05, 4.69) is 0 Å². The van der Waals surface area contributed by atoms with Gasteiger partial charge in [0.05, 0.1) is 5.69 Å². The number of carbonyl (C=O) groups excluding carboxylic acids is 2. The van der Waals surface area contributed by atoms with Crippen LogP contribution < -0.4 is 4.90 Å². The molecule has 0 spiro atoms. The number of Topliss-reactive ketones (excluding diaryl/α,β-unsaturated/α-hetero) is 1. The van der Waals surface area contributed by atoms with E-state index in [-0.39, 0.29) is 11.3 Å². The largest absolute Gasteiger partial charge is 0.313 e. The number of hydrogen-bond acceptors (Lipinski definition) is 4. The van der Waals surface area contributed by atoms with Gasteiger partial charge in [-0.2, -0.15) is 8.42 Å². The first kappa shape index (κ1) is 16.5. The van der Waals surface area contributed by atoms with Crippen molar-refractivity contribution in [3.63, 3.8) is 0 Å². The first-order valence-electron chi connectivity index (χ1n) is 5.42. The Balaban J connectivity index is 2.78. The van der Waals surface area contributed by atoms with Crippen molar-refractivity contribution in [1.82, 2.24) is 0 Å². The summed E-state index contributed by atoms with van der Waals surface area (Å²) in [5, 5.41) is 0. The van der Waals surface area contributed by atoms with Crippen molar-refractivity contribution >= 4 is 62.3 Å². The Morgan fingerprint density at radius 1 is 1.24 bits per heavy atom. The minimum atomic E-state index is -5.22. The lowest BCUT2D eigenvalue weighted by Gasteiger charge is -2.40. The summed E-state index contributed by atoms with van der Waals surface area (Å²) < 4.78 is 28.6. The van der Waals surface area contributed by atoms with Crippen LogP contribution in [0.2, 0.25) is 0 Å². The Kier molecular flexibility index (Phi) is 3.79. The Morgan fingerprint density at radius 2 is 1.76 bits per heavy atom. The van der Waals surface area contributed by atoms with Gasteiger partial charge in [-0.25, -0.2) is 0 Å². The fourth-order valence-corrected chi connectivity index (χ4v) is 3.41. The van der Waals surface area contributed by atoms with E-state index in [1.54, 1.807) is 6.07 Å². The van der Waals surface area contributed by atoms with Gasteiger partial charge >= 0.3 is 10.1 Å². The van der Waals surface area contributed by atoms with Gasteiger partial charge in [0.25, 0.3) is 9.57 Å². The zero-order chi connectivity index (χ0) is 16.2. The molecule has 6 nitrogen and oxygen atoms in total. The van der Waals surface area contributed by atoms with E-state index in [0.29, 0.717) is 0 Å². The van der Waals surface area contributed by atoms with Gasteiger partial charge in [-0.1, -0.05) is 46.9 Å². The fraction of sp³-hybridized carbons (Fsp3) is 0.273. The first-order chi connectivity index (χ1) is 9.46. The molecule has 1 aromatic rings. The number of fused-ring (bicyclic) bond motifs is 1. The van der Waals surface area contributed by atoms with Crippen molar-refractivity contribution < 1.29 is 22.6 Å². The van der Waals surface area contributed by atoms with Gasteiger partial charge in [0.2, 0.25) is 4.87 Å². The maximum atomic E-state index is 12.5. The molecule has 10 heteroatoms. The molecule has 0 radical (unpaired) electrons. The van der Waals surface area contributed by atoms with E-state index in [4.69, 9.17) is 39.4 Å². The number of alkyl halides is 3. The smallest absolute Gasteiger partial charge is 0.302 e. The summed E-state index contributed by atoms with van der Waals surface area (Å²) in [5.74, 6) is -2.26. The minimum absolute atomic E-state index is 0.0380. The van der Waals surface area contributed by atoms with Gasteiger partial charge in [0.1, 0.15) is 0 Å². The van der Waals surface area contributed by atoms with Crippen LogP contribution in [0.15, 0.2) is 24.3 Å². The molecule has 0 aliphatic carbocycles. The molecule has 0 saturated heterocycles. The molecule has 1 atom stereocenters. The summed E-state index contributed by atoms with van der Waals surface area (Å²) in [6.45, 7) is 0. The molecule has 0 bridgehead atoms. The number of ketones is 1. The third-order valence-corrected chi connectivity index (χ3v) is 6.76. The lowest BCUT2D eigenvalue weighted by molar-refractivity contribution is -0.119. The van der Waals surface area contributed by atoms with Crippen LogP contribution in [0, 0.1) is 0 Å². The van der Waals surface area contributed by atoms with Crippen molar-refractivity contribution in [3.05, 3.63) is 29.8 Å². The maximum Gasteiger partial charge on any atom is 0.302 e. The molecule has 2 rings (SSSR count). The summed E-state index contributed by atoms with van der Waals surface area (Å²) in [6, 6.07) is 5.88. The van der Waals surface area contributed by atoms with Crippen LogP contribution in [0.1, 0.15) is 10.4 Å². The first-order valence-corrected chi connectivity index (χ1v) is 7.99. The number of para-hydroxylation sites is 1. The zero-order valence-electron chi connectivity index (χ0n) is 10.4. The second kappa shape index (κ2) is 4.82.